The van der Waals surface area contributed by atoms with Crippen molar-refractivity contribution in [1.29, 1.82) is 0 Å². The summed E-state index contributed by atoms with van der Waals surface area (Å²) < 4.78 is 10.0. The maximum Gasteiger partial charge on any atom is 0.337 e. The maximum atomic E-state index is 12.1. The average molecular weight is 290 g/mol. The van der Waals surface area contributed by atoms with Gasteiger partial charge in [-0.25, -0.2) is 9.59 Å². The van der Waals surface area contributed by atoms with Crippen molar-refractivity contribution in [3.63, 3.8) is 0 Å². The molecule has 0 spiro atoms. The van der Waals surface area contributed by atoms with E-state index >= 15 is 0 Å². The summed E-state index contributed by atoms with van der Waals surface area (Å²) in [4.78, 5) is 25.5. The minimum atomic E-state index is -0.559. The van der Waals surface area contributed by atoms with E-state index in [2.05, 4.69) is 5.32 Å². The third-order valence-corrected chi connectivity index (χ3v) is 3.59. The molecule has 1 aromatic rings. The third kappa shape index (κ3) is 2.69. The topological polar surface area (TPSA) is 67.9 Å². The molecule has 0 bridgehead atoms. The summed E-state index contributed by atoms with van der Waals surface area (Å²) in [5.74, 6) is 0.190. The summed E-state index contributed by atoms with van der Waals surface area (Å²) >= 11 is 0. The van der Waals surface area contributed by atoms with Gasteiger partial charge < -0.3 is 19.7 Å². The second kappa shape index (κ2) is 5.87. The van der Waals surface area contributed by atoms with Gasteiger partial charge in [0.15, 0.2) is 0 Å². The lowest BCUT2D eigenvalue weighted by Crippen LogP contribution is -2.46. The van der Waals surface area contributed by atoms with Crippen LogP contribution >= 0.6 is 0 Å². The summed E-state index contributed by atoms with van der Waals surface area (Å²) in [5.41, 5.74) is 1.74. The molecule has 1 aliphatic heterocycles. The van der Waals surface area contributed by atoms with Crippen LogP contribution in [-0.4, -0.2) is 38.2 Å². The number of methoxy groups -OCH3 is 2. The van der Waals surface area contributed by atoms with Gasteiger partial charge >= 0.3 is 12.0 Å². The zero-order chi connectivity index (χ0) is 15.6. The number of ether oxygens (including phenoxy) is 2. The van der Waals surface area contributed by atoms with E-state index in [0.29, 0.717) is 17.0 Å². The van der Waals surface area contributed by atoms with Gasteiger partial charge in [-0.1, -0.05) is 12.1 Å². The second-order valence-electron chi connectivity index (χ2n) is 4.71. The first-order valence-corrected chi connectivity index (χ1v) is 6.46. The zero-order valence-corrected chi connectivity index (χ0v) is 12.5. The predicted octanol–water partition coefficient (Wildman–Crippen LogP) is 1.84. The molecule has 0 aliphatic carbocycles. The number of rotatable bonds is 3. The van der Waals surface area contributed by atoms with Gasteiger partial charge in [0.05, 0.1) is 25.8 Å². The molecule has 1 N–H and O–H groups in total. The number of hydrogen-bond donors (Lipinski definition) is 1. The van der Waals surface area contributed by atoms with Crippen LogP contribution < -0.4 is 10.1 Å². The van der Waals surface area contributed by atoms with Gasteiger partial charge in [0.2, 0.25) is 0 Å². The molecule has 2 rings (SSSR count). The molecule has 0 fully saturated rings. The second-order valence-corrected chi connectivity index (χ2v) is 4.71. The van der Waals surface area contributed by atoms with Crippen LogP contribution in [0, 0.1) is 0 Å². The van der Waals surface area contributed by atoms with Crippen LogP contribution in [0.3, 0.4) is 0 Å². The first kappa shape index (κ1) is 14.9. The van der Waals surface area contributed by atoms with Crippen LogP contribution in [0.4, 0.5) is 4.79 Å². The van der Waals surface area contributed by atoms with Gasteiger partial charge in [-0.05, 0) is 24.6 Å². The van der Waals surface area contributed by atoms with Crippen molar-refractivity contribution >= 4 is 12.0 Å². The molecule has 1 aliphatic rings. The molecule has 2 amide bonds. The van der Waals surface area contributed by atoms with E-state index in [4.69, 9.17) is 9.47 Å². The molecular formula is C15H18N2O4. The van der Waals surface area contributed by atoms with Gasteiger partial charge in [-0.3, -0.25) is 0 Å². The number of nitrogens with one attached hydrogen (secondary N) is 1. The molecule has 0 saturated heterocycles. The fraction of sp³-hybridized carbons (Fsp3) is 0.333. The molecule has 1 atom stereocenters. The van der Waals surface area contributed by atoms with Crippen LogP contribution in [-0.2, 0) is 9.53 Å². The van der Waals surface area contributed by atoms with Crippen LogP contribution in [0.1, 0.15) is 18.5 Å². The quantitative estimate of drug-likeness (QED) is 0.862. The molecule has 21 heavy (non-hydrogen) atoms. The van der Waals surface area contributed by atoms with Crippen molar-refractivity contribution in [2.45, 2.75) is 13.0 Å². The third-order valence-electron chi connectivity index (χ3n) is 3.59. The van der Waals surface area contributed by atoms with E-state index in [1.54, 1.807) is 33.2 Å². The monoisotopic (exact) mass is 290 g/mol. The Labute approximate surface area is 123 Å². The van der Waals surface area contributed by atoms with Crippen molar-refractivity contribution in [2.24, 2.45) is 0 Å². The van der Waals surface area contributed by atoms with Gasteiger partial charge in [-0.15, -0.1) is 0 Å². The molecule has 6 nitrogen and oxygen atoms in total. The standard InChI is InChI=1S/C15H18N2O4/c1-9-12(14(18)21-4)13(16-15(19)17(9)2)10-6-5-7-11(8-10)20-3/h5-8,13H,1-4H3,(H,16,19). The highest BCUT2D eigenvalue weighted by Gasteiger charge is 2.34. The summed E-state index contributed by atoms with van der Waals surface area (Å²) in [6.45, 7) is 1.72. The fourth-order valence-corrected chi connectivity index (χ4v) is 2.28. The fourth-order valence-electron chi connectivity index (χ4n) is 2.28. The Balaban J connectivity index is 2.53. The highest BCUT2D eigenvalue weighted by molar-refractivity contribution is 5.94. The van der Waals surface area contributed by atoms with E-state index in [1.807, 2.05) is 12.1 Å². The number of amides is 2. The van der Waals surface area contributed by atoms with Crippen LogP contribution in [0.5, 0.6) is 5.75 Å². The Bertz CT molecular complexity index is 609. The average Bonchev–Trinajstić information content (AvgIpc) is 2.51. The number of esters is 1. The Hall–Kier alpha value is -2.50. The first-order chi connectivity index (χ1) is 9.99. The van der Waals surface area contributed by atoms with Crippen molar-refractivity contribution in [3.05, 3.63) is 41.1 Å². The van der Waals surface area contributed by atoms with E-state index in [-0.39, 0.29) is 6.03 Å². The highest BCUT2D eigenvalue weighted by Crippen LogP contribution is 2.31. The minimum absolute atomic E-state index is 0.270. The summed E-state index contributed by atoms with van der Waals surface area (Å²) in [6.07, 6.45) is 0. The Morgan fingerprint density at radius 2 is 2.05 bits per heavy atom. The smallest absolute Gasteiger partial charge is 0.337 e. The summed E-state index contributed by atoms with van der Waals surface area (Å²) in [7, 11) is 4.49. The number of benzene rings is 1. The van der Waals surface area contributed by atoms with Crippen LogP contribution in [0.15, 0.2) is 35.5 Å². The number of carbonyl (C=O) groups excluding carboxylic acids is 2. The van der Waals surface area contributed by atoms with Gasteiger partial charge in [0, 0.05) is 12.7 Å². The van der Waals surface area contributed by atoms with Crippen molar-refractivity contribution in [1.82, 2.24) is 10.2 Å². The molecule has 6 heteroatoms. The van der Waals surface area contributed by atoms with E-state index in [1.165, 1.54) is 12.0 Å². The maximum absolute atomic E-state index is 12.1. The molecule has 0 saturated carbocycles. The highest BCUT2D eigenvalue weighted by atomic mass is 16.5. The molecule has 112 valence electrons. The molecule has 0 radical (unpaired) electrons. The lowest BCUT2D eigenvalue weighted by atomic mass is 9.95. The Morgan fingerprint density at radius 3 is 2.67 bits per heavy atom. The van der Waals surface area contributed by atoms with Gasteiger partial charge in [0.1, 0.15) is 5.75 Å². The normalized spacial score (nSPS) is 18.4. The molecule has 0 aromatic heterocycles. The van der Waals surface area contributed by atoms with Crippen LogP contribution in [0.25, 0.3) is 0 Å². The van der Waals surface area contributed by atoms with Gasteiger partial charge in [-0.2, -0.15) is 0 Å². The molecule has 1 aromatic carbocycles. The number of allylic oxidation sites excluding steroid dienone is 1. The van der Waals surface area contributed by atoms with Crippen molar-refractivity contribution in [3.8, 4) is 5.75 Å². The SMILES string of the molecule is COC(=O)C1=C(C)N(C)C(=O)NC1c1cccc(OC)c1. The van der Waals surface area contributed by atoms with E-state index in [0.717, 1.165) is 5.56 Å². The minimum Gasteiger partial charge on any atom is -0.497 e. The zero-order valence-electron chi connectivity index (χ0n) is 12.5. The van der Waals surface area contributed by atoms with Crippen molar-refractivity contribution in [2.75, 3.05) is 21.3 Å². The van der Waals surface area contributed by atoms with Gasteiger partial charge in [0.25, 0.3) is 0 Å². The number of carbonyl (C=O) groups is 2. The van der Waals surface area contributed by atoms with Crippen LogP contribution in [0.2, 0.25) is 0 Å². The summed E-state index contributed by atoms with van der Waals surface area (Å²) in [5, 5.41) is 2.80. The lowest BCUT2D eigenvalue weighted by Gasteiger charge is -2.33. The Kier molecular flexibility index (Phi) is 4.16. The van der Waals surface area contributed by atoms with E-state index in [9.17, 15) is 9.59 Å². The van der Waals surface area contributed by atoms with E-state index < -0.39 is 12.0 Å². The number of urea groups is 1. The Morgan fingerprint density at radius 1 is 1.33 bits per heavy atom. The van der Waals surface area contributed by atoms with Crippen molar-refractivity contribution < 1.29 is 19.1 Å². The first-order valence-electron chi connectivity index (χ1n) is 6.46. The largest absolute Gasteiger partial charge is 0.497 e. The predicted molar refractivity (Wildman–Crippen MR) is 76.7 cm³/mol. The number of hydrogen-bond acceptors (Lipinski definition) is 4. The number of nitrogens with zero attached hydrogens (tertiary/aromatic N) is 1. The molecule has 1 unspecified atom stereocenters. The summed E-state index contributed by atoms with van der Waals surface area (Å²) in [6, 6.07) is 6.39. The molecular weight excluding hydrogens is 272 g/mol. The lowest BCUT2D eigenvalue weighted by molar-refractivity contribution is -0.136. The molecule has 1 heterocycles.